The van der Waals surface area contributed by atoms with Crippen LogP contribution < -0.4 is 4.42 Å². The number of rotatable bonds is 5. The molecule has 11 heteroatoms. The molecule has 0 atom stereocenters. The van der Waals surface area contributed by atoms with Gasteiger partial charge in [0.05, 0.1) is 41.9 Å². The molecular weight excluding hydrogens is 439 g/mol. The number of morpholine rings is 1. The predicted molar refractivity (Wildman–Crippen MR) is 112 cm³/mol. The van der Waals surface area contributed by atoms with Crippen LogP contribution >= 0.6 is 35.0 Å². The lowest BCUT2D eigenvalue weighted by molar-refractivity contribution is 0.0361. The minimum Gasteiger partial charge on any atom is -0.379 e. The normalized spacial score (nSPS) is 15.0. The van der Waals surface area contributed by atoms with Crippen molar-refractivity contribution in [1.82, 2.24) is 24.6 Å². The molecule has 1 aliphatic heterocycles. The Morgan fingerprint density at radius 1 is 1.17 bits per heavy atom. The summed E-state index contributed by atoms with van der Waals surface area (Å²) in [5, 5.41) is 5.61. The summed E-state index contributed by atoms with van der Waals surface area (Å²) < 4.78 is 8.07. The maximum Gasteiger partial charge on any atom is 0.275 e. The van der Waals surface area contributed by atoms with Gasteiger partial charge in [-0.2, -0.15) is 9.52 Å². The van der Waals surface area contributed by atoms with Crippen LogP contribution in [0.1, 0.15) is 10.4 Å². The third-order valence-electron chi connectivity index (χ3n) is 4.67. The Bertz CT molecular complexity index is 1040. The monoisotopic (exact) mass is 454 g/mol. The first kappa shape index (κ1) is 20.3. The Morgan fingerprint density at radius 3 is 2.72 bits per heavy atom. The summed E-state index contributed by atoms with van der Waals surface area (Å²) >= 11 is 18.4. The average molecular weight is 456 g/mol. The van der Waals surface area contributed by atoms with Gasteiger partial charge in [-0.1, -0.05) is 23.2 Å². The van der Waals surface area contributed by atoms with E-state index in [2.05, 4.69) is 20.0 Å². The number of amides is 1. The van der Waals surface area contributed by atoms with Gasteiger partial charge in [-0.3, -0.25) is 9.69 Å². The number of anilines is 1. The molecule has 0 unspecified atom stereocenters. The van der Waals surface area contributed by atoms with Crippen LogP contribution in [0.3, 0.4) is 0 Å². The lowest BCUT2D eigenvalue weighted by Gasteiger charge is -2.26. The molecule has 4 rings (SSSR count). The first-order valence-electron chi connectivity index (χ1n) is 8.96. The van der Waals surface area contributed by atoms with Gasteiger partial charge >= 0.3 is 0 Å². The summed E-state index contributed by atoms with van der Waals surface area (Å²) in [6, 6.07) is 4.58. The van der Waals surface area contributed by atoms with Crippen molar-refractivity contribution in [3.8, 4) is 0 Å². The van der Waals surface area contributed by atoms with E-state index in [9.17, 15) is 4.79 Å². The lowest BCUT2D eigenvalue weighted by atomic mass is 10.2. The molecule has 3 heterocycles. The number of benzene rings is 1. The van der Waals surface area contributed by atoms with E-state index in [-0.39, 0.29) is 16.4 Å². The molecule has 1 amide bonds. The number of carbonyl (C=O) groups excluding carboxylic acids is 1. The second-order valence-corrected chi connectivity index (χ2v) is 7.65. The van der Waals surface area contributed by atoms with E-state index in [1.165, 1.54) is 18.5 Å². The van der Waals surface area contributed by atoms with Gasteiger partial charge < -0.3 is 4.74 Å². The second-order valence-electron chi connectivity index (χ2n) is 6.47. The molecule has 29 heavy (non-hydrogen) atoms. The molecule has 8 nitrogen and oxygen atoms in total. The van der Waals surface area contributed by atoms with Gasteiger partial charge in [-0.15, -0.1) is 0 Å². The molecule has 0 saturated carbocycles. The molecule has 0 bridgehead atoms. The standard InChI is InChI=1S/C18H17Cl3N6O2/c19-12-1-2-13(15(20)9-12)18(28)27(21)17-14-10-24-26(16(14)22-11-23-17)4-3-25-5-7-29-8-6-25/h1-2,9-11H,3-8H2. The summed E-state index contributed by atoms with van der Waals surface area (Å²) in [4.78, 5) is 23.6. The number of ether oxygens (including phenoxy) is 1. The van der Waals surface area contributed by atoms with Gasteiger partial charge in [-0.05, 0) is 18.2 Å². The maximum atomic E-state index is 12.8. The topological polar surface area (TPSA) is 76.4 Å². The Morgan fingerprint density at radius 2 is 1.97 bits per heavy atom. The van der Waals surface area contributed by atoms with Crippen molar-refractivity contribution in [3.05, 3.63) is 46.3 Å². The predicted octanol–water partition coefficient (Wildman–Crippen LogP) is 3.27. The molecular formula is C18H17Cl3N6O2. The minimum absolute atomic E-state index is 0.208. The van der Waals surface area contributed by atoms with Crippen LogP contribution in [0.15, 0.2) is 30.7 Å². The molecule has 2 aromatic heterocycles. The Kier molecular flexibility index (Phi) is 6.17. The highest BCUT2D eigenvalue weighted by Crippen LogP contribution is 2.28. The number of halogens is 3. The minimum atomic E-state index is -0.519. The SMILES string of the molecule is O=C(c1ccc(Cl)cc1Cl)N(Cl)c1ncnc2c1cnn2CCN1CCOCC1. The van der Waals surface area contributed by atoms with E-state index in [1.54, 1.807) is 16.9 Å². The smallest absolute Gasteiger partial charge is 0.275 e. The Labute approximate surface area is 182 Å². The Balaban J connectivity index is 1.57. The number of hydrogen-bond acceptors (Lipinski definition) is 6. The number of hydrogen-bond donors (Lipinski definition) is 0. The van der Waals surface area contributed by atoms with Crippen molar-refractivity contribution in [1.29, 1.82) is 0 Å². The average Bonchev–Trinajstić information content (AvgIpc) is 3.15. The van der Waals surface area contributed by atoms with Crippen LogP contribution in [0.2, 0.25) is 10.0 Å². The van der Waals surface area contributed by atoms with Gasteiger partial charge in [0, 0.05) is 36.4 Å². The summed E-state index contributed by atoms with van der Waals surface area (Å²) in [7, 11) is 0. The summed E-state index contributed by atoms with van der Waals surface area (Å²) in [5.41, 5.74) is 0.821. The third-order valence-corrected chi connectivity index (χ3v) is 5.53. The van der Waals surface area contributed by atoms with Crippen LogP contribution in [0.25, 0.3) is 11.0 Å². The molecule has 1 saturated heterocycles. The fourth-order valence-electron chi connectivity index (χ4n) is 3.13. The van der Waals surface area contributed by atoms with Crippen molar-refractivity contribution in [2.75, 3.05) is 37.3 Å². The molecule has 0 spiro atoms. The van der Waals surface area contributed by atoms with E-state index in [4.69, 9.17) is 39.7 Å². The molecule has 1 fully saturated rings. The van der Waals surface area contributed by atoms with Crippen LogP contribution in [0.4, 0.5) is 5.82 Å². The van der Waals surface area contributed by atoms with E-state index in [0.29, 0.717) is 22.6 Å². The van der Waals surface area contributed by atoms with Crippen LogP contribution in [0.5, 0.6) is 0 Å². The van der Waals surface area contributed by atoms with Crippen molar-refractivity contribution in [2.45, 2.75) is 6.54 Å². The zero-order valence-corrected chi connectivity index (χ0v) is 17.5. The maximum absolute atomic E-state index is 12.8. The van der Waals surface area contributed by atoms with Crippen LogP contribution in [0, 0.1) is 0 Å². The fraction of sp³-hybridized carbons (Fsp3) is 0.333. The van der Waals surface area contributed by atoms with Crippen molar-refractivity contribution in [3.63, 3.8) is 0 Å². The summed E-state index contributed by atoms with van der Waals surface area (Å²) in [5.74, 6) is -0.278. The first-order valence-corrected chi connectivity index (χ1v) is 10.1. The highest BCUT2D eigenvalue weighted by Gasteiger charge is 2.23. The lowest BCUT2D eigenvalue weighted by Crippen LogP contribution is -2.38. The zero-order chi connectivity index (χ0) is 20.4. The van der Waals surface area contributed by atoms with E-state index in [1.807, 2.05) is 0 Å². The summed E-state index contributed by atoms with van der Waals surface area (Å²) in [6.07, 6.45) is 2.97. The number of carbonyl (C=O) groups is 1. The molecule has 152 valence electrons. The Hall–Kier alpha value is -1.97. The number of aromatic nitrogens is 4. The summed E-state index contributed by atoms with van der Waals surface area (Å²) in [6.45, 7) is 4.74. The van der Waals surface area contributed by atoms with Crippen molar-refractivity contribution >= 4 is 57.7 Å². The molecule has 0 aliphatic carbocycles. The number of nitrogens with zero attached hydrogens (tertiary/aromatic N) is 6. The van der Waals surface area contributed by atoms with Gasteiger partial charge in [0.2, 0.25) is 0 Å². The highest BCUT2D eigenvalue weighted by atomic mass is 35.5. The van der Waals surface area contributed by atoms with E-state index < -0.39 is 5.91 Å². The highest BCUT2D eigenvalue weighted by molar-refractivity contribution is 6.43. The largest absolute Gasteiger partial charge is 0.379 e. The zero-order valence-electron chi connectivity index (χ0n) is 15.3. The third kappa shape index (κ3) is 4.31. The number of fused-ring (bicyclic) bond motifs is 1. The quantitative estimate of drug-likeness (QED) is 0.550. The van der Waals surface area contributed by atoms with Crippen molar-refractivity contribution < 1.29 is 9.53 Å². The van der Waals surface area contributed by atoms with E-state index in [0.717, 1.165) is 37.3 Å². The fourth-order valence-corrected chi connectivity index (χ4v) is 3.84. The van der Waals surface area contributed by atoms with E-state index >= 15 is 0 Å². The second kappa shape index (κ2) is 8.81. The molecule has 1 aliphatic rings. The molecule has 1 aromatic carbocycles. The van der Waals surface area contributed by atoms with Gasteiger partial charge in [-0.25, -0.2) is 14.6 Å². The molecule has 3 aromatic rings. The van der Waals surface area contributed by atoms with Gasteiger partial charge in [0.15, 0.2) is 11.5 Å². The first-order chi connectivity index (χ1) is 14.0. The van der Waals surface area contributed by atoms with Crippen molar-refractivity contribution in [2.24, 2.45) is 0 Å². The van der Waals surface area contributed by atoms with Gasteiger partial charge in [0.1, 0.15) is 6.33 Å². The molecule has 0 radical (unpaired) electrons. The van der Waals surface area contributed by atoms with Gasteiger partial charge in [0.25, 0.3) is 5.91 Å². The molecule has 0 N–H and O–H groups in total. The van der Waals surface area contributed by atoms with Crippen LogP contribution in [-0.4, -0.2) is 63.4 Å². The van der Waals surface area contributed by atoms with Crippen LogP contribution in [-0.2, 0) is 11.3 Å².